The van der Waals surface area contributed by atoms with E-state index in [-0.39, 0.29) is 5.78 Å². The number of halogens is 1. The molecule has 9 heteroatoms. The lowest BCUT2D eigenvalue weighted by Gasteiger charge is -2.41. The Hall–Kier alpha value is -2.91. The Morgan fingerprint density at radius 2 is 1.83 bits per heavy atom. The molecule has 0 amide bonds. The van der Waals surface area contributed by atoms with Crippen LogP contribution >= 0.6 is 22.9 Å². The highest BCUT2D eigenvalue weighted by atomic mass is 35.5. The maximum Gasteiger partial charge on any atom is 0.226 e. The van der Waals surface area contributed by atoms with Gasteiger partial charge in [0.05, 0.1) is 15.8 Å². The van der Waals surface area contributed by atoms with Gasteiger partial charge in [-0.05, 0) is 90.8 Å². The van der Waals surface area contributed by atoms with E-state index < -0.39 is 11.7 Å². The van der Waals surface area contributed by atoms with Crippen molar-refractivity contribution in [2.24, 2.45) is 0 Å². The molecule has 0 spiro atoms. The second-order valence-corrected chi connectivity index (χ2v) is 13.9. The first-order valence-electron chi connectivity index (χ1n) is 14.5. The number of Topliss-reactive ketones (excluding diaryl/α,β-unsaturated/α-hetero) is 1. The SMILES string of the molecule is CC(=O)[C@@H](OC(C)(C)C)c1c(C)cc2nc(-c3ccnc(N4CCN(C(C)C)C[C@H]4C)n3)sc2c1-c1ccc(Cl)cc1. The molecule has 1 aliphatic heterocycles. The lowest BCUT2D eigenvalue weighted by atomic mass is 9.90. The Kier molecular flexibility index (Phi) is 8.72. The van der Waals surface area contributed by atoms with Gasteiger partial charge in [-0.15, -0.1) is 11.3 Å². The van der Waals surface area contributed by atoms with Crippen molar-refractivity contribution in [2.45, 2.75) is 79.2 Å². The van der Waals surface area contributed by atoms with Crippen LogP contribution in [0.25, 0.3) is 32.0 Å². The summed E-state index contributed by atoms with van der Waals surface area (Å²) in [5, 5.41) is 1.46. The number of ketones is 1. The zero-order valence-electron chi connectivity index (χ0n) is 25.7. The van der Waals surface area contributed by atoms with E-state index in [2.05, 4.69) is 41.6 Å². The van der Waals surface area contributed by atoms with Crippen LogP contribution in [0, 0.1) is 6.92 Å². The largest absolute Gasteiger partial charge is 0.360 e. The molecule has 0 aliphatic carbocycles. The van der Waals surface area contributed by atoms with Gasteiger partial charge in [0.2, 0.25) is 5.95 Å². The molecular formula is C33H40ClN5O2S. The van der Waals surface area contributed by atoms with Gasteiger partial charge in [0.15, 0.2) is 5.78 Å². The first-order valence-corrected chi connectivity index (χ1v) is 15.7. The van der Waals surface area contributed by atoms with E-state index in [4.69, 9.17) is 26.3 Å². The van der Waals surface area contributed by atoms with E-state index in [1.54, 1.807) is 18.3 Å². The molecule has 2 atom stereocenters. The number of aromatic nitrogens is 3. The van der Waals surface area contributed by atoms with Gasteiger partial charge in [-0.1, -0.05) is 23.7 Å². The molecule has 0 saturated carbocycles. The van der Waals surface area contributed by atoms with Crippen LogP contribution in [0.2, 0.25) is 5.02 Å². The van der Waals surface area contributed by atoms with Crippen LogP contribution in [0.5, 0.6) is 0 Å². The van der Waals surface area contributed by atoms with E-state index in [0.717, 1.165) is 68.8 Å². The zero-order chi connectivity index (χ0) is 30.3. The molecule has 222 valence electrons. The maximum atomic E-state index is 13.1. The fraction of sp³-hybridized carbons (Fsp3) is 0.455. The minimum atomic E-state index is -0.720. The second-order valence-electron chi connectivity index (χ2n) is 12.5. The molecule has 1 fully saturated rings. The number of rotatable bonds is 7. The van der Waals surface area contributed by atoms with Crippen LogP contribution in [0.1, 0.15) is 65.7 Å². The van der Waals surface area contributed by atoms with Gasteiger partial charge in [-0.2, -0.15) is 0 Å². The summed E-state index contributed by atoms with van der Waals surface area (Å²) in [6.07, 6.45) is 1.10. The molecule has 0 radical (unpaired) electrons. The fourth-order valence-corrected chi connectivity index (χ4v) is 6.84. The topological polar surface area (TPSA) is 71.5 Å². The van der Waals surface area contributed by atoms with Gasteiger partial charge in [-0.25, -0.2) is 15.0 Å². The normalized spacial score (nSPS) is 17.3. The molecule has 0 N–H and O–H groups in total. The number of thiazole rings is 1. The second kappa shape index (κ2) is 12.0. The van der Waals surface area contributed by atoms with Gasteiger partial charge in [0.25, 0.3) is 0 Å². The van der Waals surface area contributed by atoms with Crippen LogP contribution in [0.3, 0.4) is 0 Å². The van der Waals surface area contributed by atoms with Crippen molar-refractivity contribution >= 4 is 44.9 Å². The molecule has 0 unspecified atom stereocenters. The lowest BCUT2D eigenvalue weighted by Crippen LogP contribution is -2.54. The summed E-state index contributed by atoms with van der Waals surface area (Å²) in [5.41, 5.74) is 4.86. The molecule has 3 heterocycles. The first-order chi connectivity index (χ1) is 19.8. The number of hydrogen-bond acceptors (Lipinski definition) is 8. The average Bonchev–Trinajstić information content (AvgIpc) is 3.35. The smallest absolute Gasteiger partial charge is 0.226 e. The lowest BCUT2D eigenvalue weighted by molar-refractivity contribution is -0.138. The molecule has 5 rings (SSSR count). The van der Waals surface area contributed by atoms with Crippen LogP contribution in [-0.2, 0) is 9.53 Å². The number of fused-ring (bicyclic) bond motifs is 1. The number of benzene rings is 2. The minimum Gasteiger partial charge on any atom is -0.360 e. The molecular weight excluding hydrogens is 566 g/mol. The summed E-state index contributed by atoms with van der Waals surface area (Å²) >= 11 is 7.85. The number of nitrogens with zero attached hydrogens (tertiary/aromatic N) is 5. The molecule has 7 nitrogen and oxygen atoms in total. The third-order valence-corrected chi connectivity index (χ3v) is 9.03. The number of aryl methyl sites for hydroxylation is 1. The van der Waals surface area contributed by atoms with Crippen molar-refractivity contribution in [1.29, 1.82) is 0 Å². The number of anilines is 1. The van der Waals surface area contributed by atoms with E-state index in [1.807, 2.05) is 64.2 Å². The Balaban J connectivity index is 1.63. The Bertz CT molecular complexity index is 1590. The number of ether oxygens (including phenoxy) is 1. The molecule has 2 aromatic carbocycles. The van der Waals surface area contributed by atoms with Crippen LogP contribution in [-0.4, -0.2) is 63.0 Å². The van der Waals surface area contributed by atoms with Crippen LogP contribution < -0.4 is 4.90 Å². The maximum absolute atomic E-state index is 13.1. The number of piperazine rings is 1. The molecule has 42 heavy (non-hydrogen) atoms. The van der Waals surface area contributed by atoms with Crippen LogP contribution in [0.15, 0.2) is 42.6 Å². The highest BCUT2D eigenvalue weighted by molar-refractivity contribution is 7.22. The highest BCUT2D eigenvalue weighted by Crippen LogP contribution is 2.44. The summed E-state index contributed by atoms with van der Waals surface area (Å²) in [5.74, 6) is 0.687. The van der Waals surface area contributed by atoms with Crippen molar-refractivity contribution in [3.05, 3.63) is 58.7 Å². The van der Waals surface area contributed by atoms with Crippen LogP contribution in [0.4, 0.5) is 5.95 Å². The van der Waals surface area contributed by atoms with Crippen molar-refractivity contribution in [2.75, 3.05) is 24.5 Å². The fourth-order valence-electron chi connectivity index (χ4n) is 5.62. The molecule has 2 aromatic heterocycles. The Morgan fingerprint density at radius 3 is 2.45 bits per heavy atom. The van der Waals surface area contributed by atoms with E-state index in [9.17, 15) is 4.79 Å². The molecule has 4 aromatic rings. The monoisotopic (exact) mass is 605 g/mol. The summed E-state index contributed by atoms with van der Waals surface area (Å²) < 4.78 is 7.37. The third kappa shape index (κ3) is 6.37. The summed E-state index contributed by atoms with van der Waals surface area (Å²) in [7, 11) is 0. The number of hydrogen-bond donors (Lipinski definition) is 0. The van der Waals surface area contributed by atoms with Crippen molar-refractivity contribution in [3.63, 3.8) is 0 Å². The number of carbonyl (C=O) groups is 1. The van der Waals surface area contributed by atoms with Gasteiger partial charge in [0, 0.05) is 54.1 Å². The molecule has 0 bridgehead atoms. The standard InChI is InChI=1S/C33H40ClN5O2S/c1-19(2)38-15-16-39(21(4)18-38)32-35-14-13-25(37-32)31-36-26-17-20(3)27(29(22(5)40)41-33(6,7)8)28(30(26)42-31)23-9-11-24(34)12-10-23/h9-14,17,19,21,29H,15-16,18H2,1-8H3/t21-,29-/m1/s1. The average molecular weight is 606 g/mol. The zero-order valence-corrected chi connectivity index (χ0v) is 27.3. The summed E-state index contributed by atoms with van der Waals surface area (Å²) in [4.78, 5) is 32.6. The van der Waals surface area contributed by atoms with Gasteiger partial charge < -0.3 is 9.64 Å². The number of carbonyl (C=O) groups excluding carboxylic acids is 1. The highest BCUT2D eigenvalue weighted by Gasteiger charge is 2.31. The van der Waals surface area contributed by atoms with Crippen molar-refractivity contribution < 1.29 is 9.53 Å². The molecule has 1 aliphatic rings. The van der Waals surface area contributed by atoms with Crippen molar-refractivity contribution in [3.8, 4) is 21.8 Å². The quantitative estimate of drug-likeness (QED) is 0.213. The van der Waals surface area contributed by atoms with Gasteiger partial charge in [-0.3, -0.25) is 9.69 Å². The Labute approximate surface area is 257 Å². The first kappa shape index (κ1) is 30.5. The van der Waals surface area contributed by atoms with Gasteiger partial charge in [0.1, 0.15) is 16.8 Å². The summed E-state index contributed by atoms with van der Waals surface area (Å²) in [6.45, 7) is 19.1. The Morgan fingerprint density at radius 1 is 1.12 bits per heavy atom. The van der Waals surface area contributed by atoms with E-state index in [0.29, 0.717) is 17.1 Å². The predicted octanol–water partition coefficient (Wildman–Crippen LogP) is 7.75. The minimum absolute atomic E-state index is 0.0422. The van der Waals surface area contributed by atoms with Gasteiger partial charge >= 0.3 is 0 Å². The van der Waals surface area contributed by atoms with E-state index >= 15 is 0 Å². The summed E-state index contributed by atoms with van der Waals surface area (Å²) in [6, 6.07) is 12.5. The van der Waals surface area contributed by atoms with E-state index in [1.165, 1.54) is 0 Å². The van der Waals surface area contributed by atoms with Crippen molar-refractivity contribution in [1.82, 2.24) is 19.9 Å². The molecule has 1 saturated heterocycles. The third-order valence-electron chi connectivity index (χ3n) is 7.67. The predicted molar refractivity (Wildman–Crippen MR) is 174 cm³/mol.